The van der Waals surface area contributed by atoms with Gasteiger partial charge in [-0.25, -0.2) is 0 Å². The number of nitrogens with one attached hydrogen (secondary N) is 2. The van der Waals surface area contributed by atoms with Crippen LogP contribution in [0.1, 0.15) is 59.5 Å². The van der Waals surface area contributed by atoms with Crippen molar-refractivity contribution in [2.75, 3.05) is 19.6 Å². The van der Waals surface area contributed by atoms with E-state index >= 15 is 0 Å². The molecule has 2 heterocycles. The average molecular weight is 525 g/mol. The van der Waals surface area contributed by atoms with Crippen LogP contribution in [-0.4, -0.2) is 53.4 Å². The van der Waals surface area contributed by atoms with Gasteiger partial charge in [-0.05, 0) is 73.9 Å². The fourth-order valence-corrected chi connectivity index (χ4v) is 5.84. The maximum atomic E-state index is 12.9. The average Bonchev–Trinajstić information content (AvgIpc) is 3.39. The lowest BCUT2D eigenvalue weighted by Crippen LogP contribution is -2.44. The van der Waals surface area contributed by atoms with E-state index in [2.05, 4.69) is 44.8 Å². The number of fused-ring (bicyclic) bond motifs is 1. The molecule has 2 fully saturated rings. The summed E-state index contributed by atoms with van der Waals surface area (Å²) in [5.41, 5.74) is 1.39. The van der Waals surface area contributed by atoms with Gasteiger partial charge in [-0.1, -0.05) is 24.3 Å². The Bertz CT molecular complexity index is 1300. The fraction of sp³-hybridized carbons (Fsp3) is 0.414. The molecule has 3 aromatic rings. The zero-order valence-corrected chi connectivity index (χ0v) is 21.0. The molecule has 0 radical (unpaired) electrons. The summed E-state index contributed by atoms with van der Waals surface area (Å²) in [5.74, 6) is -0.527. The van der Waals surface area contributed by atoms with Crippen LogP contribution in [0.5, 0.6) is 0 Å². The van der Waals surface area contributed by atoms with Crippen LogP contribution in [0.3, 0.4) is 0 Å². The SMILES string of the molecule is O=C(CNC(=O)c1cccc(C(F)(F)F)c1)NC1CCN(C2CCC(c3ccnc4ccccc34)CC2)C1. The number of halogens is 3. The van der Waals surface area contributed by atoms with E-state index in [1.54, 1.807) is 0 Å². The first kappa shape index (κ1) is 26.2. The van der Waals surface area contributed by atoms with Gasteiger partial charge in [0, 0.05) is 42.3 Å². The van der Waals surface area contributed by atoms with Gasteiger partial charge in [0.15, 0.2) is 0 Å². The molecule has 2 aromatic carbocycles. The van der Waals surface area contributed by atoms with Gasteiger partial charge in [0.1, 0.15) is 0 Å². The molecular formula is C29H31F3N4O2. The van der Waals surface area contributed by atoms with Crippen molar-refractivity contribution in [1.29, 1.82) is 0 Å². The van der Waals surface area contributed by atoms with E-state index in [0.717, 1.165) is 62.8 Å². The first-order valence-electron chi connectivity index (χ1n) is 13.1. The molecule has 2 aliphatic rings. The summed E-state index contributed by atoms with van der Waals surface area (Å²) in [4.78, 5) is 31.6. The number of para-hydroxylation sites is 1. The summed E-state index contributed by atoms with van der Waals surface area (Å²) in [7, 11) is 0. The van der Waals surface area contributed by atoms with Crippen molar-refractivity contribution in [3.8, 4) is 0 Å². The van der Waals surface area contributed by atoms with E-state index in [1.165, 1.54) is 23.1 Å². The molecule has 1 atom stereocenters. The topological polar surface area (TPSA) is 74.3 Å². The second kappa shape index (κ2) is 11.1. The lowest BCUT2D eigenvalue weighted by atomic mass is 9.80. The van der Waals surface area contributed by atoms with E-state index in [1.807, 2.05) is 12.3 Å². The Labute approximate surface area is 219 Å². The number of carbonyl (C=O) groups is 2. The highest BCUT2D eigenvalue weighted by molar-refractivity contribution is 5.96. The van der Waals surface area contributed by atoms with Gasteiger partial charge in [0.2, 0.25) is 5.91 Å². The van der Waals surface area contributed by atoms with E-state index in [4.69, 9.17) is 0 Å². The Morgan fingerprint density at radius 1 is 0.974 bits per heavy atom. The van der Waals surface area contributed by atoms with Gasteiger partial charge in [-0.3, -0.25) is 19.5 Å². The third kappa shape index (κ3) is 5.99. The maximum Gasteiger partial charge on any atom is 0.416 e. The lowest BCUT2D eigenvalue weighted by Gasteiger charge is -2.35. The first-order chi connectivity index (χ1) is 18.3. The number of alkyl halides is 3. The normalized spacial score (nSPS) is 22.3. The Balaban J connectivity index is 1.07. The van der Waals surface area contributed by atoms with Gasteiger partial charge in [-0.2, -0.15) is 13.2 Å². The number of hydrogen-bond acceptors (Lipinski definition) is 4. The van der Waals surface area contributed by atoms with Crippen LogP contribution >= 0.6 is 0 Å². The molecule has 1 aromatic heterocycles. The Hall–Kier alpha value is -3.46. The molecule has 1 aliphatic heterocycles. The number of aromatic nitrogens is 1. The largest absolute Gasteiger partial charge is 0.416 e. The molecule has 38 heavy (non-hydrogen) atoms. The standard InChI is InChI=1S/C29H31F3N4O2/c30-29(31,32)21-5-3-4-20(16-21)28(38)34-17-27(37)35-22-13-15-36(18-22)23-10-8-19(9-11-23)24-12-14-33-26-7-2-1-6-25(24)26/h1-7,12,14,16,19,22-23H,8-11,13,15,17-18H2,(H,34,38)(H,35,37). The minimum Gasteiger partial charge on any atom is -0.350 e. The third-order valence-electron chi connectivity index (χ3n) is 7.78. The maximum absolute atomic E-state index is 12.9. The molecule has 200 valence electrons. The number of rotatable bonds is 6. The van der Waals surface area contributed by atoms with Crippen LogP contribution in [0.4, 0.5) is 13.2 Å². The summed E-state index contributed by atoms with van der Waals surface area (Å²) in [5, 5.41) is 6.62. The monoisotopic (exact) mass is 524 g/mol. The summed E-state index contributed by atoms with van der Waals surface area (Å²) in [6.07, 6.45) is 2.65. The summed E-state index contributed by atoms with van der Waals surface area (Å²) in [6, 6.07) is 15.1. The van der Waals surface area contributed by atoms with Gasteiger partial charge in [-0.15, -0.1) is 0 Å². The van der Waals surface area contributed by atoms with Crippen molar-refractivity contribution >= 4 is 22.7 Å². The van der Waals surface area contributed by atoms with Crippen LogP contribution in [0, 0.1) is 0 Å². The zero-order chi connectivity index (χ0) is 26.7. The molecule has 1 unspecified atom stereocenters. The summed E-state index contributed by atoms with van der Waals surface area (Å²) < 4.78 is 38.7. The molecule has 1 saturated heterocycles. The van der Waals surface area contributed by atoms with Crippen molar-refractivity contribution in [2.24, 2.45) is 0 Å². The third-order valence-corrected chi connectivity index (χ3v) is 7.78. The molecule has 9 heteroatoms. The van der Waals surface area contributed by atoms with Crippen molar-refractivity contribution in [2.45, 2.75) is 56.3 Å². The molecule has 1 aliphatic carbocycles. The van der Waals surface area contributed by atoms with Crippen LogP contribution in [0.25, 0.3) is 10.9 Å². The van der Waals surface area contributed by atoms with Gasteiger partial charge >= 0.3 is 6.18 Å². The van der Waals surface area contributed by atoms with Crippen LogP contribution in [-0.2, 0) is 11.0 Å². The van der Waals surface area contributed by atoms with E-state index in [9.17, 15) is 22.8 Å². The molecule has 2 N–H and O–H groups in total. The predicted molar refractivity (Wildman–Crippen MR) is 139 cm³/mol. The summed E-state index contributed by atoms with van der Waals surface area (Å²) >= 11 is 0. The molecule has 5 rings (SSSR count). The number of hydrogen-bond donors (Lipinski definition) is 2. The molecule has 1 saturated carbocycles. The Kier molecular flexibility index (Phi) is 7.65. The van der Waals surface area contributed by atoms with Gasteiger partial charge in [0.05, 0.1) is 17.6 Å². The summed E-state index contributed by atoms with van der Waals surface area (Å²) in [6.45, 7) is 1.40. The second-order valence-corrected chi connectivity index (χ2v) is 10.2. The number of likely N-dealkylation sites (tertiary alicyclic amines) is 1. The first-order valence-corrected chi connectivity index (χ1v) is 13.1. The highest BCUT2D eigenvalue weighted by Gasteiger charge is 2.33. The minimum absolute atomic E-state index is 0.00479. The van der Waals surface area contributed by atoms with E-state index in [-0.39, 0.29) is 24.1 Å². The predicted octanol–water partition coefficient (Wildman–Crippen LogP) is 4.90. The van der Waals surface area contributed by atoms with Crippen molar-refractivity contribution in [3.05, 3.63) is 77.5 Å². The molecule has 0 spiro atoms. The number of nitrogens with zero attached hydrogens (tertiary/aromatic N) is 2. The van der Waals surface area contributed by atoms with Crippen molar-refractivity contribution in [1.82, 2.24) is 20.5 Å². The second-order valence-electron chi connectivity index (χ2n) is 10.2. The fourth-order valence-electron chi connectivity index (χ4n) is 5.84. The van der Waals surface area contributed by atoms with Crippen LogP contribution in [0.15, 0.2) is 60.8 Å². The van der Waals surface area contributed by atoms with E-state index < -0.39 is 17.6 Å². The number of benzene rings is 2. The van der Waals surface area contributed by atoms with Crippen molar-refractivity contribution < 1.29 is 22.8 Å². The molecular weight excluding hydrogens is 493 g/mol. The van der Waals surface area contributed by atoms with Gasteiger partial charge in [0.25, 0.3) is 5.91 Å². The molecule has 0 bridgehead atoms. The molecule has 2 amide bonds. The number of amides is 2. The quantitative estimate of drug-likeness (QED) is 0.481. The highest BCUT2D eigenvalue weighted by Crippen LogP contribution is 2.38. The zero-order valence-electron chi connectivity index (χ0n) is 21.0. The number of carbonyl (C=O) groups excluding carboxylic acids is 2. The minimum atomic E-state index is -4.53. The Morgan fingerprint density at radius 3 is 2.55 bits per heavy atom. The van der Waals surface area contributed by atoms with Crippen LogP contribution < -0.4 is 10.6 Å². The Morgan fingerprint density at radius 2 is 1.76 bits per heavy atom. The smallest absolute Gasteiger partial charge is 0.350 e. The van der Waals surface area contributed by atoms with Gasteiger partial charge < -0.3 is 10.6 Å². The lowest BCUT2D eigenvalue weighted by molar-refractivity contribution is -0.137. The van der Waals surface area contributed by atoms with E-state index in [0.29, 0.717) is 12.0 Å². The number of pyridine rings is 1. The highest BCUT2D eigenvalue weighted by atomic mass is 19.4. The molecule has 6 nitrogen and oxygen atoms in total. The van der Waals surface area contributed by atoms with Crippen LogP contribution in [0.2, 0.25) is 0 Å². The van der Waals surface area contributed by atoms with Crippen molar-refractivity contribution in [3.63, 3.8) is 0 Å².